The third kappa shape index (κ3) is 7.47. The van der Waals surface area contributed by atoms with Crippen molar-refractivity contribution in [2.45, 2.75) is 30.8 Å². The molecular weight excluding hydrogens is 583 g/mol. The standard InChI is InChI=1S/C31H30F3N3O7/c1-36(29-35-24-9-5-6-10-25(24)44-29)15-16-41-23-13-11-21(12-14-23)26(38)27(43-19-31(32,33)34)28(39)37-22(18-42-30(37)40)17-20-7-3-2-4-8-20/h2-14,22,26-27,38H,15-19H2,1H3/t22-,26+,27+/m0/s1. The minimum Gasteiger partial charge on any atom is -0.492 e. The smallest absolute Gasteiger partial charge is 0.417 e. The highest BCUT2D eigenvalue weighted by Gasteiger charge is 2.45. The Morgan fingerprint density at radius 1 is 1.09 bits per heavy atom. The van der Waals surface area contributed by atoms with Crippen molar-refractivity contribution in [1.29, 1.82) is 0 Å². The van der Waals surface area contributed by atoms with Crippen molar-refractivity contribution >= 4 is 29.1 Å². The van der Waals surface area contributed by atoms with Gasteiger partial charge in [-0.3, -0.25) is 4.79 Å². The van der Waals surface area contributed by atoms with Gasteiger partial charge in [-0.15, -0.1) is 0 Å². The first kappa shape index (κ1) is 30.8. The Labute approximate surface area is 250 Å². The van der Waals surface area contributed by atoms with E-state index in [2.05, 4.69) is 4.98 Å². The maximum Gasteiger partial charge on any atom is 0.417 e. The van der Waals surface area contributed by atoms with Gasteiger partial charge in [0.05, 0.1) is 12.6 Å². The number of carbonyl (C=O) groups excluding carboxylic acids is 2. The molecule has 2 heterocycles. The molecule has 0 unspecified atom stereocenters. The number of anilines is 1. The average Bonchev–Trinajstić information content (AvgIpc) is 3.60. The Hall–Kier alpha value is -4.62. The van der Waals surface area contributed by atoms with E-state index in [-0.39, 0.29) is 25.2 Å². The number of hydrogen-bond acceptors (Lipinski definition) is 9. The number of ether oxygens (including phenoxy) is 3. The largest absolute Gasteiger partial charge is 0.492 e. The van der Waals surface area contributed by atoms with Crippen LogP contribution in [0.5, 0.6) is 5.75 Å². The number of aromatic nitrogens is 1. The lowest BCUT2D eigenvalue weighted by Crippen LogP contribution is -2.49. The van der Waals surface area contributed by atoms with Gasteiger partial charge in [-0.1, -0.05) is 54.6 Å². The van der Waals surface area contributed by atoms with E-state index in [0.717, 1.165) is 16.0 Å². The molecule has 13 heteroatoms. The number of fused-ring (bicyclic) bond motifs is 1. The van der Waals surface area contributed by atoms with Crippen LogP contribution in [-0.2, 0) is 20.7 Å². The van der Waals surface area contributed by atoms with Crippen molar-refractivity contribution in [2.24, 2.45) is 0 Å². The normalized spacial score (nSPS) is 16.5. The van der Waals surface area contributed by atoms with Crippen molar-refractivity contribution in [3.8, 4) is 5.75 Å². The number of amides is 2. The van der Waals surface area contributed by atoms with E-state index < -0.39 is 43.0 Å². The first-order chi connectivity index (χ1) is 21.1. The van der Waals surface area contributed by atoms with Crippen molar-refractivity contribution in [3.05, 3.63) is 90.0 Å². The van der Waals surface area contributed by atoms with Crippen LogP contribution < -0.4 is 9.64 Å². The third-order valence-electron chi connectivity index (χ3n) is 7.00. The number of imide groups is 1. The molecule has 1 fully saturated rings. The van der Waals surface area contributed by atoms with Gasteiger partial charge in [-0.05, 0) is 41.8 Å². The fraction of sp³-hybridized carbons (Fsp3) is 0.323. The molecule has 2 amide bonds. The maximum absolute atomic E-state index is 13.5. The summed E-state index contributed by atoms with van der Waals surface area (Å²) in [7, 11) is 1.80. The predicted molar refractivity (Wildman–Crippen MR) is 152 cm³/mol. The van der Waals surface area contributed by atoms with E-state index in [4.69, 9.17) is 18.6 Å². The summed E-state index contributed by atoms with van der Waals surface area (Å²) in [5.41, 5.74) is 2.27. The number of para-hydroxylation sites is 2. The molecule has 4 aromatic rings. The second kappa shape index (κ2) is 13.3. The summed E-state index contributed by atoms with van der Waals surface area (Å²) >= 11 is 0. The second-order valence-corrected chi connectivity index (χ2v) is 10.2. The molecule has 1 N–H and O–H groups in total. The van der Waals surface area contributed by atoms with Gasteiger partial charge in [-0.2, -0.15) is 18.2 Å². The summed E-state index contributed by atoms with van der Waals surface area (Å²) in [5.74, 6) is -0.718. The topological polar surface area (TPSA) is 115 Å². The molecule has 3 atom stereocenters. The maximum atomic E-state index is 13.5. The van der Waals surface area contributed by atoms with Gasteiger partial charge in [0.15, 0.2) is 11.7 Å². The zero-order chi connectivity index (χ0) is 31.3. The highest BCUT2D eigenvalue weighted by atomic mass is 19.4. The molecule has 5 rings (SSSR count). The number of carbonyl (C=O) groups is 2. The van der Waals surface area contributed by atoms with Crippen LogP contribution in [0.4, 0.5) is 24.0 Å². The lowest BCUT2D eigenvalue weighted by Gasteiger charge is -2.28. The van der Waals surface area contributed by atoms with Crippen molar-refractivity contribution in [3.63, 3.8) is 0 Å². The van der Waals surface area contributed by atoms with Crippen LogP contribution in [0.3, 0.4) is 0 Å². The van der Waals surface area contributed by atoms with Crippen molar-refractivity contribution < 1.29 is 46.5 Å². The van der Waals surface area contributed by atoms with Gasteiger partial charge in [0.2, 0.25) is 0 Å². The Kier molecular flexibility index (Phi) is 9.35. The van der Waals surface area contributed by atoms with Crippen molar-refractivity contribution in [2.75, 3.05) is 38.3 Å². The fourth-order valence-corrected chi connectivity index (χ4v) is 4.74. The molecule has 232 valence electrons. The monoisotopic (exact) mass is 613 g/mol. The van der Waals surface area contributed by atoms with Crippen LogP contribution in [0.2, 0.25) is 0 Å². The van der Waals surface area contributed by atoms with E-state index in [1.807, 2.05) is 24.3 Å². The molecule has 3 aromatic carbocycles. The summed E-state index contributed by atoms with van der Waals surface area (Å²) < 4.78 is 60.7. The molecule has 0 bridgehead atoms. The summed E-state index contributed by atoms with van der Waals surface area (Å²) in [6.07, 6.45) is -9.44. The number of rotatable bonds is 12. The summed E-state index contributed by atoms with van der Waals surface area (Å²) in [6, 6.07) is 21.8. The van der Waals surface area contributed by atoms with Crippen molar-refractivity contribution in [1.82, 2.24) is 9.88 Å². The summed E-state index contributed by atoms with van der Waals surface area (Å²) in [5, 5.41) is 11.0. The van der Waals surface area contributed by atoms with Crippen LogP contribution in [-0.4, -0.2) is 78.7 Å². The quantitative estimate of drug-likeness (QED) is 0.238. The minimum absolute atomic E-state index is 0.0913. The second-order valence-electron chi connectivity index (χ2n) is 10.2. The van der Waals surface area contributed by atoms with Crippen LogP contribution in [0, 0.1) is 0 Å². The first-order valence-corrected chi connectivity index (χ1v) is 13.8. The molecule has 1 aromatic heterocycles. The molecule has 1 saturated heterocycles. The van der Waals surface area contributed by atoms with Gasteiger partial charge in [0.1, 0.15) is 37.2 Å². The number of aliphatic hydroxyl groups excluding tert-OH is 1. The fourth-order valence-electron chi connectivity index (χ4n) is 4.74. The number of aliphatic hydroxyl groups is 1. The number of likely N-dealkylation sites (N-methyl/N-ethyl adjacent to an activating group) is 1. The van der Waals surface area contributed by atoms with Gasteiger partial charge >= 0.3 is 12.3 Å². The number of cyclic esters (lactones) is 1. The van der Waals surface area contributed by atoms with Gasteiger partial charge in [0.25, 0.3) is 11.9 Å². The zero-order valence-corrected chi connectivity index (χ0v) is 23.6. The van der Waals surface area contributed by atoms with E-state index in [9.17, 15) is 27.9 Å². The highest BCUT2D eigenvalue weighted by molar-refractivity contribution is 5.96. The number of hydrogen-bond donors (Lipinski definition) is 1. The molecule has 10 nitrogen and oxygen atoms in total. The Balaban J connectivity index is 1.24. The summed E-state index contributed by atoms with van der Waals surface area (Å²) in [4.78, 5) is 32.9. The number of halogens is 3. The first-order valence-electron chi connectivity index (χ1n) is 13.8. The number of alkyl halides is 3. The van der Waals surface area contributed by atoms with Crippen LogP contribution >= 0.6 is 0 Å². The molecule has 1 aliphatic rings. The molecule has 1 aliphatic heterocycles. The average molecular weight is 614 g/mol. The lowest BCUT2D eigenvalue weighted by atomic mass is 10.0. The molecule has 0 radical (unpaired) electrons. The van der Waals surface area contributed by atoms with Gasteiger partial charge in [-0.25, -0.2) is 9.69 Å². The zero-order valence-electron chi connectivity index (χ0n) is 23.6. The molecule has 0 saturated carbocycles. The van der Waals surface area contributed by atoms with Gasteiger partial charge in [0, 0.05) is 7.05 Å². The van der Waals surface area contributed by atoms with E-state index in [1.165, 1.54) is 24.3 Å². The Morgan fingerprint density at radius 2 is 1.80 bits per heavy atom. The van der Waals surface area contributed by atoms with Crippen LogP contribution in [0.1, 0.15) is 17.2 Å². The lowest BCUT2D eigenvalue weighted by molar-refractivity contribution is -0.199. The number of benzene rings is 3. The van der Waals surface area contributed by atoms with E-state index >= 15 is 0 Å². The van der Waals surface area contributed by atoms with E-state index in [1.54, 1.807) is 42.3 Å². The Bertz CT molecular complexity index is 1530. The summed E-state index contributed by atoms with van der Waals surface area (Å²) in [6.45, 7) is -1.28. The SMILES string of the molecule is CN(CCOc1ccc([C@@H](O)[C@@H](OCC(F)(F)F)C(=O)N2C(=O)OC[C@@H]2Cc2ccccc2)cc1)c1nc2ccccc2o1. The van der Waals surface area contributed by atoms with Gasteiger partial charge < -0.3 is 28.6 Å². The van der Waals surface area contributed by atoms with Crippen LogP contribution in [0.25, 0.3) is 11.1 Å². The molecule has 0 aliphatic carbocycles. The van der Waals surface area contributed by atoms with Crippen LogP contribution in [0.15, 0.2) is 83.3 Å². The molecule has 0 spiro atoms. The third-order valence-corrected chi connectivity index (χ3v) is 7.00. The predicted octanol–water partition coefficient (Wildman–Crippen LogP) is 4.91. The molecular formula is C31H30F3N3O7. The molecule has 44 heavy (non-hydrogen) atoms. The Morgan fingerprint density at radius 3 is 2.50 bits per heavy atom. The minimum atomic E-state index is -4.78. The number of oxazole rings is 1. The number of nitrogens with zero attached hydrogens (tertiary/aromatic N) is 3. The highest BCUT2D eigenvalue weighted by Crippen LogP contribution is 2.29. The van der Waals surface area contributed by atoms with E-state index in [0.29, 0.717) is 23.9 Å².